The van der Waals surface area contributed by atoms with E-state index in [-0.39, 0.29) is 0 Å². The van der Waals surface area contributed by atoms with Crippen LogP contribution in [-0.2, 0) is 7.05 Å². The van der Waals surface area contributed by atoms with Crippen LogP contribution in [0.1, 0.15) is 22.4 Å². The van der Waals surface area contributed by atoms with Gasteiger partial charge in [-0.1, -0.05) is 35.9 Å². The van der Waals surface area contributed by atoms with Crippen LogP contribution >= 0.6 is 0 Å². The number of nitrogens with zero attached hydrogens (tertiary/aromatic N) is 2. The SMILES string of the molecule is Cc1cc(C)c(C)c(-c2cc3cccc(-c4ccc(C)nc4)c3c[n+]2C)c1. The monoisotopic (exact) mass is 353 g/mol. The Hall–Kier alpha value is -3.00. The Labute approximate surface area is 161 Å². The third kappa shape index (κ3) is 3.12. The third-order valence-corrected chi connectivity index (χ3v) is 5.44. The Balaban J connectivity index is 1.95. The van der Waals surface area contributed by atoms with Crippen molar-refractivity contribution in [1.82, 2.24) is 4.98 Å². The van der Waals surface area contributed by atoms with Gasteiger partial charge in [-0.3, -0.25) is 4.98 Å². The van der Waals surface area contributed by atoms with E-state index >= 15 is 0 Å². The van der Waals surface area contributed by atoms with Crippen LogP contribution in [0.5, 0.6) is 0 Å². The van der Waals surface area contributed by atoms with E-state index in [0.29, 0.717) is 0 Å². The molecule has 27 heavy (non-hydrogen) atoms. The maximum Gasteiger partial charge on any atom is 0.213 e. The molecule has 0 saturated heterocycles. The topological polar surface area (TPSA) is 16.8 Å². The number of benzene rings is 2. The summed E-state index contributed by atoms with van der Waals surface area (Å²) in [5.41, 5.74) is 9.94. The van der Waals surface area contributed by atoms with Crippen molar-refractivity contribution in [3.8, 4) is 22.4 Å². The first-order chi connectivity index (χ1) is 12.9. The van der Waals surface area contributed by atoms with Crippen molar-refractivity contribution in [1.29, 1.82) is 0 Å². The van der Waals surface area contributed by atoms with Crippen LogP contribution in [0.15, 0.2) is 60.9 Å². The fourth-order valence-corrected chi connectivity index (χ4v) is 3.82. The van der Waals surface area contributed by atoms with Gasteiger partial charge < -0.3 is 0 Å². The van der Waals surface area contributed by atoms with Crippen molar-refractivity contribution in [2.75, 3.05) is 0 Å². The number of hydrogen-bond donors (Lipinski definition) is 0. The van der Waals surface area contributed by atoms with Crippen LogP contribution in [-0.4, -0.2) is 4.98 Å². The standard InChI is InChI=1S/C25H25N2/c1-16-11-17(2)19(4)23(12-16)25-13-20-7-6-8-22(24(20)15-27(25)5)21-10-9-18(3)26-14-21/h6-15H,1-5H3/q+1. The molecule has 0 aliphatic heterocycles. The summed E-state index contributed by atoms with van der Waals surface area (Å²) in [7, 11) is 2.13. The van der Waals surface area contributed by atoms with Gasteiger partial charge in [-0.2, -0.15) is 0 Å². The molecular weight excluding hydrogens is 328 g/mol. The van der Waals surface area contributed by atoms with E-state index in [4.69, 9.17) is 0 Å². The normalized spacial score (nSPS) is 11.1. The van der Waals surface area contributed by atoms with Crippen LogP contribution in [0, 0.1) is 27.7 Å². The second-order valence-electron chi connectivity index (χ2n) is 7.52. The van der Waals surface area contributed by atoms with Crippen LogP contribution in [0.25, 0.3) is 33.2 Å². The molecule has 0 atom stereocenters. The van der Waals surface area contributed by atoms with Gasteiger partial charge in [0.15, 0.2) is 6.20 Å². The molecule has 2 aromatic carbocycles. The molecule has 2 nitrogen and oxygen atoms in total. The van der Waals surface area contributed by atoms with Gasteiger partial charge in [0.25, 0.3) is 0 Å². The molecule has 4 aromatic rings. The Morgan fingerprint density at radius 3 is 2.41 bits per heavy atom. The van der Waals surface area contributed by atoms with Gasteiger partial charge >= 0.3 is 0 Å². The summed E-state index contributed by atoms with van der Waals surface area (Å²) >= 11 is 0. The molecule has 0 aliphatic rings. The van der Waals surface area contributed by atoms with Gasteiger partial charge in [-0.25, -0.2) is 4.57 Å². The van der Waals surface area contributed by atoms with Crippen molar-refractivity contribution in [2.45, 2.75) is 27.7 Å². The van der Waals surface area contributed by atoms with Crippen molar-refractivity contribution in [3.63, 3.8) is 0 Å². The van der Waals surface area contributed by atoms with E-state index in [1.54, 1.807) is 0 Å². The molecule has 2 aromatic heterocycles. The van der Waals surface area contributed by atoms with E-state index < -0.39 is 0 Å². The molecule has 0 aliphatic carbocycles. The number of rotatable bonds is 2. The lowest BCUT2D eigenvalue weighted by atomic mass is 9.95. The molecule has 0 bridgehead atoms. The van der Waals surface area contributed by atoms with Gasteiger partial charge in [0, 0.05) is 29.1 Å². The highest BCUT2D eigenvalue weighted by Crippen LogP contribution is 2.31. The molecule has 134 valence electrons. The third-order valence-electron chi connectivity index (χ3n) is 5.44. The fourth-order valence-electron chi connectivity index (χ4n) is 3.82. The maximum absolute atomic E-state index is 4.47. The average molecular weight is 353 g/mol. The Kier molecular flexibility index (Phi) is 4.27. The molecular formula is C25H25N2+. The molecule has 2 heteroatoms. The highest BCUT2D eigenvalue weighted by atomic mass is 14.9. The molecule has 0 radical (unpaired) electrons. The second kappa shape index (κ2) is 6.62. The van der Waals surface area contributed by atoms with Crippen molar-refractivity contribution in [3.05, 3.63) is 83.3 Å². The molecule has 4 rings (SSSR count). The first kappa shape index (κ1) is 17.4. The molecule has 0 amide bonds. The number of pyridine rings is 2. The predicted octanol–water partition coefficient (Wildman–Crippen LogP) is 5.63. The van der Waals surface area contributed by atoms with E-state index in [9.17, 15) is 0 Å². The largest absolute Gasteiger partial charge is 0.261 e. The average Bonchev–Trinajstić information content (AvgIpc) is 2.64. The molecule has 0 fully saturated rings. The van der Waals surface area contributed by atoms with Crippen LogP contribution in [0.2, 0.25) is 0 Å². The van der Waals surface area contributed by atoms with E-state index in [1.165, 1.54) is 44.3 Å². The van der Waals surface area contributed by atoms with E-state index in [0.717, 1.165) is 11.3 Å². The van der Waals surface area contributed by atoms with Gasteiger partial charge in [0.1, 0.15) is 7.05 Å². The summed E-state index contributed by atoms with van der Waals surface area (Å²) in [6, 6.07) is 17.6. The summed E-state index contributed by atoms with van der Waals surface area (Å²) in [6.07, 6.45) is 4.21. The van der Waals surface area contributed by atoms with Crippen molar-refractivity contribution >= 4 is 10.8 Å². The maximum atomic E-state index is 4.47. The van der Waals surface area contributed by atoms with Crippen molar-refractivity contribution < 1.29 is 4.57 Å². The lowest BCUT2D eigenvalue weighted by Crippen LogP contribution is -2.30. The first-order valence-electron chi connectivity index (χ1n) is 9.37. The van der Waals surface area contributed by atoms with Gasteiger partial charge in [-0.15, -0.1) is 0 Å². The zero-order valence-electron chi connectivity index (χ0n) is 16.7. The zero-order chi connectivity index (χ0) is 19.1. The molecule has 0 unspecified atom stereocenters. The smallest absolute Gasteiger partial charge is 0.213 e. The van der Waals surface area contributed by atoms with Gasteiger partial charge in [0.2, 0.25) is 5.69 Å². The minimum absolute atomic E-state index is 1.04. The Bertz CT molecular complexity index is 1160. The minimum Gasteiger partial charge on any atom is -0.261 e. The van der Waals surface area contributed by atoms with Gasteiger partial charge in [0.05, 0.1) is 5.39 Å². The summed E-state index contributed by atoms with van der Waals surface area (Å²) in [5.74, 6) is 0. The van der Waals surface area contributed by atoms with Crippen molar-refractivity contribution in [2.24, 2.45) is 7.05 Å². The highest BCUT2D eigenvalue weighted by Gasteiger charge is 2.17. The number of aryl methyl sites for hydroxylation is 4. The molecule has 2 heterocycles. The molecule has 0 spiro atoms. The van der Waals surface area contributed by atoms with Crippen LogP contribution < -0.4 is 4.57 Å². The quantitative estimate of drug-likeness (QED) is 0.427. The summed E-state index contributed by atoms with van der Waals surface area (Å²) < 4.78 is 2.24. The Morgan fingerprint density at radius 1 is 0.852 bits per heavy atom. The summed E-state index contributed by atoms with van der Waals surface area (Å²) in [5, 5.41) is 2.50. The number of aromatic nitrogens is 2. The fraction of sp³-hybridized carbons (Fsp3) is 0.200. The first-order valence-corrected chi connectivity index (χ1v) is 9.37. The number of fused-ring (bicyclic) bond motifs is 1. The lowest BCUT2D eigenvalue weighted by Gasteiger charge is -2.11. The van der Waals surface area contributed by atoms with Crippen LogP contribution in [0.3, 0.4) is 0 Å². The van der Waals surface area contributed by atoms with Gasteiger partial charge in [-0.05, 0) is 61.9 Å². The summed E-state index contributed by atoms with van der Waals surface area (Å²) in [4.78, 5) is 4.47. The highest BCUT2D eigenvalue weighted by molar-refractivity contribution is 5.96. The molecule has 0 saturated carbocycles. The van der Waals surface area contributed by atoms with E-state index in [2.05, 4.69) is 92.1 Å². The lowest BCUT2D eigenvalue weighted by molar-refractivity contribution is -0.659. The Morgan fingerprint density at radius 2 is 1.67 bits per heavy atom. The minimum atomic E-state index is 1.04. The number of hydrogen-bond acceptors (Lipinski definition) is 1. The van der Waals surface area contributed by atoms with E-state index in [1.807, 2.05) is 13.1 Å². The van der Waals surface area contributed by atoms with Crippen LogP contribution in [0.4, 0.5) is 0 Å². The second-order valence-corrected chi connectivity index (χ2v) is 7.52. The molecule has 0 N–H and O–H groups in total. The predicted molar refractivity (Wildman–Crippen MR) is 113 cm³/mol. The zero-order valence-corrected chi connectivity index (χ0v) is 16.7. The summed E-state index contributed by atoms with van der Waals surface area (Å²) in [6.45, 7) is 8.59.